The molecule has 0 saturated heterocycles. The number of methoxy groups -OCH3 is 2. The minimum Gasteiger partial charge on any atom is -0.468 e. The van der Waals surface area contributed by atoms with E-state index in [1.807, 2.05) is 13.0 Å². The lowest BCUT2D eigenvalue weighted by atomic mass is 9.80. The molecule has 1 aliphatic heterocycles. The van der Waals surface area contributed by atoms with Crippen LogP contribution in [0.2, 0.25) is 0 Å². The molecule has 3 aromatic rings. The lowest BCUT2D eigenvalue weighted by Crippen LogP contribution is -2.55. The van der Waals surface area contributed by atoms with Crippen LogP contribution >= 0.6 is 0 Å². The molecule has 176 valence electrons. The van der Waals surface area contributed by atoms with Gasteiger partial charge in [-0.2, -0.15) is 0 Å². The lowest BCUT2D eigenvalue weighted by Gasteiger charge is -2.43. The quantitative estimate of drug-likeness (QED) is 0.499. The number of aryl methyl sites for hydroxylation is 1. The van der Waals surface area contributed by atoms with Crippen molar-refractivity contribution in [3.8, 4) is 0 Å². The number of hydrogen-bond acceptors (Lipinski definition) is 6. The molecule has 0 fully saturated rings. The van der Waals surface area contributed by atoms with E-state index in [2.05, 4.69) is 0 Å². The van der Waals surface area contributed by atoms with Gasteiger partial charge in [0.25, 0.3) is 15.9 Å². The number of carbonyl (C=O) groups is 2. The zero-order valence-electron chi connectivity index (χ0n) is 19.0. The molecule has 0 spiro atoms. The number of rotatable bonds is 6. The van der Waals surface area contributed by atoms with E-state index in [4.69, 9.17) is 9.47 Å². The molecule has 0 bridgehead atoms. The van der Waals surface area contributed by atoms with Crippen LogP contribution in [0.3, 0.4) is 0 Å². The van der Waals surface area contributed by atoms with Gasteiger partial charge < -0.3 is 9.47 Å². The topological polar surface area (TPSA) is 90.0 Å². The standard InChI is InChI=1S/C26H25NO6S/c1-17-13-15-19(16-14-17)34(30,31)27-23(24(32-2)18-9-5-4-6-10-18)22(26(29)33-3)20-11-7-8-12-21(20)25(27)28/h4-16,22-24H,1-3H3/t22-,23-,24-/m0/s1. The number of sulfonamides is 1. The van der Waals surface area contributed by atoms with Crippen molar-refractivity contribution in [1.82, 2.24) is 4.31 Å². The second-order valence-electron chi connectivity index (χ2n) is 8.06. The summed E-state index contributed by atoms with van der Waals surface area (Å²) in [6.07, 6.45) is -0.928. The third-order valence-corrected chi connectivity index (χ3v) is 7.86. The van der Waals surface area contributed by atoms with Crippen molar-refractivity contribution >= 4 is 21.9 Å². The van der Waals surface area contributed by atoms with Gasteiger partial charge in [-0.05, 0) is 36.2 Å². The molecule has 34 heavy (non-hydrogen) atoms. The first-order chi connectivity index (χ1) is 16.3. The number of benzene rings is 3. The van der Waals surface area contributed by atoms with Gasteiger partial charge in [-0.25, -0.2) is 12.7 Å². The van der Waals surface area contributed by atoms with E-state index in [1.165, 1.54) is 32.4 Å². The Bertz CT molecular complexity index is 1300. The van der Waals surface area contributed by atoms with Crippen LogP contribution in [0.4, 0.5) is 0 Å². The highest BCUT2D eigenvalue weighted by Gasteiger charge is 2.52. The van der Waals surface area contributed by atoms with Gasteiger partial charge in [0.15, 0.2) is 0 Å². The van der Waals surface area contributed by atoms with Gasteiger partial charge in [-0.1, -0.05) is 66.2 Å². The normalized spacial score (nSPS) is 18.8. The molecule has 7 nitrogen and oxygen atoms in total. The van der Waals surface area contributed by atoms with Crippen LogP contribution in [0.25, 0.3) is 0 Å². The molecular formula is C26H25NO6S. The Hall–Kier alpha value is -3.49. The molecule has 0 saturated carbocycles. The van der Waals surface area contributed by atoms with Gasteiger partial charge in [0, 0.05) is 12.7 Å². The van der Waals surface area contributed by atoms with E-state index in [0.29, 0.717) is 11.1 Å². The Labute approximate surface area is 199 Å². The smallest absolute Gasteiger partial charge is 0.315 e. The number of esters is 1. The molecule has 3 atom stereocenters. The lowest BCUT2D eigenvalue weighted by molar-refractivity contribution is -0.145. The number of hydrogen-bond donors (Lipinski definition) is 0. The largest absolute Gasteiger partial charge is 0.468 e. The van der Waals surface area contributed by atoms with Crippen LogP contribution in [-0.4, -0.2) is 44.9 Å². The third-order valence-electron chi connectivity index (χ3n) is 6.06. The van der Waals surface area contributed by atoms with Crippen LogP contribution in [0, 0.1) is 6.92 Å². The molecule has 0 aliphatic carbocycles. The Balaban J connectivity index is 2.01. The second-order valence-corrected chi connectivity index (χ2v) is 9.88. The maximum atomic E-state index is 13.9. The number of carbonyl (C=O) groups excluding carboxylic acids is 2. The van der Waals surface area contributed by atoms with Crippen LogP contribution < -0.4 is 0 Å². The van der Waals surface area contributed by atoms with Crippen molar-refractivity contribution in [1.29, 1.82) is 0 Å². The zero-order valence-corrected chi connectivity index (χ0v) is 19.9. The van der Waals surface area contributed by atoms with E-state index in [-0.39, 0.29) is 10.5 Å². The highest BCUT2D eigenvalue weighted by atomic mass is 32.2. The van der Waals surface area contributed by atoms with Gasteiger partial charge in [-0.3, -0.25) is 9.59 Å². The molecule has 0 unspecified atom stereocenters. The van der Waals surface area contributed by atoms with Crippen LogP contribution in [-0.2, 0) is 24.3 Å². The molecule has 0 radical (unpaired) electrons. The highest BCUT2D eigenvalue weighted by Crippen LogP contribution is 2.43. The first-order valence-corrected chi connectivity index (χ1v) is 12.1. The SMILES string of the molecule is COC(=O)[C@H]1c2ccccc2C(=O)N(S(=O)(=O)c2ccc(C)cc2)[C@@H]1[C@@H](OC)c1ccccc1. The number of nitrogens with zero attached hydrogens (tertiary/aromatic N) is 1. The van der Waals surface area contributed by atoms with Crippen LogP contribution in [0.1, 0.15) is 39.1 Å². The van der Waals surface area contributed by atoms with Gasteiger partial charge in [0.1, 0.15) is 12.0 Å². The van der Waals surface area contributed by atoms with Crippen molar-refractivity contribution in [3.63, 3.8) is 0 Å². The van der Waals surface area contributed by atoms with E-state index in [0.717, 1.165) is 9.87 Å². The van der Waals surface area contributed by atoms with Gasteiger partial charge in [-0.15, -0.1) is 0 Å². The first kappa shape index (κ1) is 23.7. The molecule has 4 rings (SSSR count). The molecule has 1 heterocycles. The van der Waals surface area contributed by atoms with Crippen LogP contribution in [0.5, 0.6) is 0 Å². The molecule has 3 aromatic carbocycles. The summed E-state index contributed by atoms with van der Waals surface area (Å²) in [4.78, 5) is 26.8. The van der Waals surface area contributed by atoms with E-state index >= 15 is 0 Å². The number of fused-ring (bicyclic) bond motifs is 1. The minimum atomic E-state index is -4.36. The van der Waals surface area contributed by atoms with Crippen molar-refractivity contribution < 1.29 is 27.5 Å². The Kier molecular flexibility index (Phi) is 6.54. The maximum absolute atomic E-state index is 13.9. The zero-order chi connectivity index (χ0) is 24.5. The summed E-state index contributed by atoms with van der Waals surface area (Å²) in [6.45, 7) is 1.84. The fourth-order valence-corrected chi connectivity index (χ4v) is 6.01. The third kappa shape index (κ3) is 3.99. The molecule has 8 heteroatoms. The average Bonchev–Trinajstić information content (AvgIpc) is 2.85. The summed E-state index contributed by atoms with van der Waals surface area (Å²) in [7, 11) is -1.70. The van der Waals surface area contributed by atoms with E-state index in [9.17, 15) is 18.0 Å². The van der Waals surface area contributed by atoms with Crippen molar-refractivity contribution in [3.05, 3.63) is 101 Å². The molecule has 1 aliphatic rings. The fraction of sp³-hybridized carbons (Fsp3) is 0.231. The average molecular weight is 480 g/mol. The maximum Gasteiger partial charge on any atom is 0.315 e. The molecule has 0 N–H and O–H groups in total. The predicted octanol–water partition coefficient (Wildman–Crippen LogP) is 3.85. The Morgan fingerprint density at radius 2 is 1.53 bits per heavy atom. The second kappa shape index (κ2) is 9.40. The summed E-state index contributed by atoms with van der Waals surface area (Å²) < 4.78 is 39.5. The fourth-order valence-electron chi connectivity index (χ4n) is 4.44. The first-order valence-electron chi connectivity index (χ1n) is 10.7. The number of amides is 1. The summed E-state index contributed by atoms with van der Waals surface area (Å²) in [5, 5.41) is 0. The summed E-state index contributed by atoms with van der Waals surface area (Å²) >= 11 is 0. The van der Waals surface area contributed by atoms with Crippen molar-refractivity contribution in [2.75, 3.05) is 14.2 Å². The monoisotopic (exact) mass is 479 g/mol. The van der Waals surface area contributed by atoms with Crippen molar-refractivity contribution in [2.45, 2.75) is 29.9 Å². The summed E-state index contributed by atoms with van der Waals surface area (Å²) in [5.41, 5.74) is 2.03. The summed E-state index contributed by atoms with van der Waals surface area (Å²) in [6, 6.07) is 20.4. The summed E-state index contributed by atoms with van der Waals surface area (Å²) in [5.74, 6) is -2.48. The molecule has 1 amide bonds. The predicted molar refractivity (Wildman–Crippen MR) is 126 cm³/mol. The van der Waals surface area contributed by atoms with Crippen LogP contribution in [0.15, 0.2) is 83.8 Å². The Morgan fingerprint density at radius 1 is 0.912 bits per heavy atom. The van der Waals surface area contributed by atoms with Crippen molar-refractivity contribution in [2.24, 2.45) is 0 Å². The van der Waals surface area contributed by atoms with E-state index in [1.54, 1.807) is 54.6 Å². The van der Waals surface area contributed by atoms with Gasteiger partial charge in [0.05, 0.1) is 18.0 Å². The number of ether oxygens (including phenoxy) is 2. The molecule has 0 aromatic heterocycles. The van der Waals surface area contributed by atoms with Gasteiger partial charge >= 0.3 is 5.97 Å². The Morgan fingerprint density at radius 3 is 2.15 bits per heavy atom. The van der Waals surface area contributed by atoms with Gasteiger partial charge in [0.2, 0.25) is 0 Å². The highest BCUT2D eigenvalue weighted by molar-refractivity contribution is 7.89. The molecular weight excluding hydrogens is 454 g/mol. The minimum absolute atomic E-state index is 0.0534. The van der Waals surface area contributed by atoms with E-state index < -0.39 is 40.0 Å².